The molecule has 0 saturated carbocycles. The van der Waals surface area contributed by atoms with Crippen molar-refractivity contribution >= 4 is 11.8 Å². The molecule has 1 aliphatic rings. The Bertz CT molecular complexity index is 1150. The Morgan fingerprint density at radius 3 is 2.21 bits per heavy atom. The molecule has 6 heteroatoms. The lowest BCUT2D eigenvalue weighted by molar-refractivity contribution is 0.0950. The van der Waals surface area contributed by atoms with Crippen molar-refractivity contribution in [1.82, 2.24) is 15.5 Å². The number of piperazine rings is 1. The molecule has 3 aromatic rings. The van der Waals surface area contributed by atoms with E-state index < -0.39 is 5.91 Å². The monoisotopic (exact) mass is 442 g/mol. The SMILES string of the molecule is Cc1c(C(N)=O)cccc1C(=O)NCc1cccc(-c2cccc(CN3CCNCC3)c2)c1. The number of amides is 2. The predicted molar refractivity (Wildman–Crippen MR) is 131 cm³/mol. The highest BCUT2D eigenvalue weighted by Gasteiger charge is 2.14. The van der Waals surface area contributed by atoms with E-state index in [1.807, 2.05) is 12.1 Å². The quantitative estimate of drug-likeness (QED) is 0.525. The first-order valence-electron chi connectivity index (χ1n) is 11.3. The van der Waals surface area contributed by atoms with Gasteiger partial charge in [0.05, 0.1) is 0 Å². The molecule has 1 heterocycles. The third kappa shape index (κ3) is 5.66. The summed E-state index contributed by atoms with van der Waals surface area (Å²) < 4.78 is 0. The number of nitrogens with zero attached hydrogens (tertiary/aromatic N) is 1. The second kappa shape index (κ2) is 10.4. The van der Waals surface area contributed by atoms with Crippen LogP contribution < -0.4 is 16.4 Å². The van der Waals surface area contributed by atoms with Crippen molar-refractivity contribution in [3.63, 3.8) is 0 Å². The Morgan fingerprint density at radius 1 is 0.909 bits per heavy atom. The average molecular weight is 443 g/mol. The van der Waals surface area contributed by atoms with E-state index in [1.54, 1.807) is 25.1 Å². The summed E-state index contributed by atoms with van der Waals surface area (Å²) in [7, 11) is 0. The third-order valence-corrected chi connectivity index (χ3v) is 6.10. The molecule has 6 nitrogen and oxygen atoms in total. The molecule has 1 saturated heterocycles. The molecule has 3 aromatic carbocycles. The van der Waals surface area contributed by atoms with Crippen LogP contribution in [0, 0.1) is 6.92 Å². The maximum absolute atomic E-state index is 12.7. The zero-order chi connectivity index (χ0) is 23.2. The zero-order valence-corrected chi connectivity index (χ0v) is 18.9. The van der Waals surface area contributed by atoms with Crippen molar-refractivity contribution in [2.24, 2.45) is 5.73 Å². The molecule has 170 valence electrons. The van der Waals surface area contributed by atoms with Crippen LogP contribution in [0.25, 0.3) is 11.1 Å². The number of benzene rings is 3. The minimum atomic E-state index is -0.533. The fourth-order valence-electron chi connectivity index (χ4n) is 4.26. The molecular weight excluding hydrogens is 412 g/mol. The van der Waals surface area contributed by atoms with Gasteiger partial charge in [-0.3, -0.25) is 14.5 Å². The van der Waals surface area contributed by atoms with E-state index >= 15 is 0 Å². The second-order valence-corrected chi connectivity index (χ2v) is 8.45. The maximum atomic E-state index is 12.7. The molecule has 0 aromatic heterocycles. The summed E-state index contributed by atoms with van der Waals surface area (Å²) in [5, 5.41) is 6.36. The van der Waals surface area contributed by atoms with Crippen molar-refractivity contribution in [2.75, 3.05) is 26.2 Å². The Hall–Kier alpha value is -3.48. The summed E-state index contributed by atoms with van der Waals surface area (Å²) >= 11 is 0. The lowest BCUT2D eigenvalue weighted by Crippen LogP contribution is -2.42. The minimum Gasteiger partial charge on any atom is -0.366 e. The molecule has 4 N–H and O–H groups in total. The van der Waals surface area contributed by atoms with Gasteiger partial charge in [-0.15, -0.1) is 0 Å². The van der Waals surface area contributed by atoms with Crippen molar-refractivity contribution in [3.05, 3.63) is 94.5 Å². The van der Waals surface area contributed by atoms with Crippen molar-refractivity contribution < 1.29 is 9.59 Å². The summed E-state index contributed by atoms with van der Waals surface area (Å²) in [6.07, 6.45) is 0. The molecule has 0 radical (unpaired) electrons. The van der Waals surface area contributed by atoms with Crippen molar-refractivity contribution in [1.29, 1.82) is 0 Å². The smallest absolute Gasteiger partial charge is 0.251 e. The summed E-state index contributed by atoms with van der Waals surface area (Å²) in [4.78, 5) is 26.8. The van der Waals surface area contributed by atoms with Gasteiger partial charge in [0.15, 0.2) is 0 Å². The number of carbonyl (C=O) groups is 2. The Labute approximate surface area is 194 Å². The van der Waals surface area contributed by atoms with Crippen molar-refractivity contribution in [3.8, 4) is 11.1 Å². The average Bonchev–Trinajstić information content (AvgIpc) is 2.83. The van der Waals surface area contributed by atoms with E-state index in [4.69, 9.17) is 5.73 Å². The van der Waals surface area contributed by atoms with Crippen LogP contribution in [0.5, 0.6) is 0 Å². The lowest BCUT2D eigenvalue weighted by Gasteiger charge is -2.27. The number of rotatable bonds is 7. The largest absolute Gasteiger partial charge is 0.366 e. The lowest BCUT2D eigenvalue weighted by atomic mass is 10.00. The Kier molecular flexibility index (Phi) is 7.17. The van der Waals surface area contributed by atoms with Gasteiger partial charge in [-0.2, -0.15) is 0 Å². The molecule has 33 heavy (non-hydrogen) atoms. The molecule has 0 bridgehead atoms. The summed E-state index contributed by atoms with van der Waals surface area (Å²) in [5.74, 6) is -0.756. The number of nitrogens with one attached hydrogen (secondary N) is 2. The van der Waals surface area contributed by atoms with Gasteiger partial charge in [-0.05, 0) is 59.0 Å². The number of hydrogen-bond acceptors (Lipinski definition) is 4. The van der Waals surface area contributed by atoms with E-state index in [9.17, 15) is 9.59 Å². The van der Waals surface area contributed by atoms with Crippen LogP contribution >= 0.6 is 0 Å². The first-order chi connectivity index (χ1) is 16.0. The molecule has 1 aliphatic heterocycles. The second-order valence-electron chi connectivity index (χ2n) is 8.45. The van der Waals surface area contributed by atoms with Crippen LogP contribution in [-0.2, 0) is 13.1 Å². The van der Waals surface area contributed by atoms with Gasteiger partial charge >= 0.3 is 0 Å². The van der Waals surface area contributed by atoms with Gasteiger partial charge < -0.3 is 16.4 Å². The summed E-state index contributed by atoms with van der Waals surface area (Å²) in [6, 6.07) is 21.9. The minimum absolute atomic E-state index is 0.223. The standard InChI is InChI=1S/C27H30N4O2/c1-19-24(26(28)32)9-4-10-25(19)27(33)30-17-20-5-2-7-22(15-20)23-8-3-6-21(16-23)18-31-13-11-29-12-14-31/h2-10,15-16,29H,11-14,17-18H2,1H3,(H2,28,32)(H,30,33). The highest BCUT2D eigenvalue weighted by Crippen LogP contribution is 2.23. The van der Waals surface area contributed by atoms with E-state index in [2.05, 4.69) is 51.9 Å². The van der Waals surface area contributed by atoms with Crippen LogP contribution in [0.4, 0.5) is 0 Å². The third-order valence-electron chi connectivity index (χ3n) is 6.10. The summed E-state index contributed by atoms with van der Waals surface area (Å²) in [5.41, 5.74) is 11.4. The highest BCUT2D eigenvalue weighted by atomic mass is 16.2. The Balaban J connectivity index is 1.44. The fourth-order valence-corrected chi connectivity index (χ4v) is 4.26. The van der Waals surface area contributed by atoms with E-state index in [0.717, 1.165) is 43.9 Å². The summed E-state index contributed by atoms with van der Waals surface area (Å²) in [6.45, 7) is 7.31. The van der Waals surface area contributed by atoms with E-state index in [-0.39, 0.29) is 5.91 Å². The van der Waals surface area contributed by atoms with Crippen LogP contribution in [0.2, 0.25) is 0 Å². The maximum Gasteiger partial charge on any atom is 0.251 e. The van der Waals surface area contributed by atoms with Gasteiger partial charge in [0.25, 0.3) is 5.91 Å². The van der Waals surface area contributed by atoms with Gasteiger partial charge in [-0.25, -0.2) is 0 Å². The Morgan fingerprint density at radius 2 is 1.52 bits per heavy atom. The molecule has 0 aliphatic carbocycles. The molecular formula is C27H30N4O2. The van der Waals surface area contributed by atoms with Gasteiger partial charge in [-0.1, -0.05) is 42.5 Å². The fraction of sp³-hybridized carbons (Fsp3) is 0.259. The molecule has 0 atom stereocenters. The normalized spacial score (nSPS) is 14.1. The first-order valence-corrected chi connectivity index (χ1v) is 11.3. The molecule has 0 unspecified atom stereocenters. The molecule has 1 fully saturated rings. The van der Waals surface area contributed by atoms with E-state index in [1.165, 1.54) is 11.1 Å². The molecule has 4 rings (SSSR count). The number of hydrogen-bond donors (Lipinski definition) is 3. The van der Waals surface area contributed by atoms with Gasteiger partial charge in [0.1, 0.15) is 0 Å². The van der Waals surface area contributed by atoms with E-state index in [0.29, 0.717) is 23.2 Å². The van der Waals surface area contributed by atoms with Gasteiger partial charge in [0, 0.05) is 50.4 Å². The first kappa shape index (κ1) is 22.7. The predicted octanol–water partition coefficient (Wildman–Crippen LogP) is 3.10. The van der Waals surface area contributed by atoms with Crippen LogP contribution in [0.3, 0.4) is 0 Å². The van der Waals surface area contributed by atoms with Gasteiger partial charge in [0.2, 0.25) is 5.91 Å². The molecule has 0 spiro atoms. The van der Waals surface area contributed by atoms with Crippen LogP contribution in [0.15, 0.2) is 66.7 Å². The topological polar surface area (TPSA) is 87.5 Å². The van der Waals surface area contributed by atoms with Crippen LogP contribution in [0.1, 0.15) is 37.4 Å². The van der Waals surface area contributed by atoms with Crippen molar-refractivity contribution in [2.45, 2.75) is 20.0 Å². The van der Waals surface area contributed by atoms with Crippen LogP contribution in [-0.4, -0.2) is 42.9 Å². The highest BCUT2D eigenvalue weighted by molar-refractivity contribution is 6.01. The zero-order valence-electron chi connectivity index (χ0n) is 18.9. The number of carbonyl (C=O) groups excluding carboxylic acids is 2. The molecule has 2 amide bonds. The number of nitrogens with two attached hydrogens (primary N) is 1. The number of primary amides is 1.